The zero-order chi connectivity index (χ0) is 25.1. The number of fused-ring (bicyclic) bond motifs is 1. The van der Waals surface area contributed by atoms with E-state index in [0.29, 0.717) is 33.7 Å². The second kappa shape index (κ2) is 10.2. The van der Waals surface area contributed by atoms with Gasteiger partial charge in [0.1, 0.15) is 5.01 Å². The Balaban J connectivity index is 1.30. The minimum atomic E-state index is -0.476. The molecule has 0 bridgehead atoms. The molecule has 0 fully saturated rings. The van der Waals surface area contributed by atoms with Crippen LogP contribution in [0.25, 0.3) is 11.2 Å². The summed E-state index contributed by atoms with van der Waals surface area (Å²) in [6.45, 7) is 0.521. The monoisotopic (exact) mass is 516 g/mol. The Bertz CT molecular complexity index is 1540. The number of imidazole rings is 1. The van der Waals surface area contributed by atoms with E-state index in [9.17, 15) is 19.2 Å². The smallest absolute Gasteiger partial charge is 0.332 e. The Labute approximate surface area is 207 Å². The van der Waals surface area contributed by atoms with Gasteiger partial charge in [0.25, 0.3) is 11.5 Å². The number of halogens is 1. The third kappa shape index (κ3) is 5.15. The molecule has 3 heterocycles. The summed E-state index contributed by atoms with van der Waals surface area (Å²) in [5, 5.41) is 14.8. The molecule has 2 amide bonds. The molecule has 0 spiro atoms. The highest BCUT2D eigenvalue weighted by Crippen LogP contribution is 2.17. The van der Waals surface area contributed by atoms with Crippen molar-refractivity contribution in [2.75, 3.05) is 11.9 Å². The van der Waals surface area contributed by atoms with E-state index in [1.165, 1.54) is 36.3 Å². The highest BCUT2D eigenvalue weighted by molar-refractivity contribution is 7.15. The number of amides is 2. The van der Waals surface area contributed by atoms with Gasteiger partial charge in [-0.3, -0.25) is 23.5 Å². The lowest BCUT2D eigenvalue weighted by Crippen LogP contribution is -2.37. The first-order valence-electron chi connectivity index (χ1n) is 10.5. The van der Waals surface area contributed by atoms with Gasteiger partial charge in [0, 0.05) is 40.0 Å². The lowest BCUT2D eigenvalue weighted by molar-refractivity contribution is -0.116. The molecule has 2 N–H and O–H groups in total. The first-order valence-corrected chi connectivity index (χ1v) is 11.7. The van der Waals surface area contributed by atoms with Gasteiger partial charge in [-0.2, -0.15) is 0 Å². The fraction of sp³-hybridized carbons (Fsp3) is 0.286. The van der Waals surface area contributed by atoms with Crippen LogP contribution in [-0.2, 0) is 31.9 Å². The van der Waals surface area contributed by atoms with Gasteiger partial charge in [-0.25, -0.2) is 9.78 Å². The van der Waals surface area contributed by atoms with E-state index in [4.69, 9.17) is 11.6 Å². The number of hydrogen-bond donors (Lipinski definition) is 2. The third-order valence-electron chi connectivity index (χ3n) is 5.25. The Morgan fingerprint density at radius 3 is 2.66 bits per heavy atom. The van der Waals surface area contributed by atoms with Crippen molar-refractivity contribution in [1.82, 2.24) is 34.2 Å². The van der Waals surface area contributed by atoms with Crippen molar-refractivity contribution in [1.29, 1.82) is 0 Å². The third-order valence-corrected chi connectivity index (χ3v) is 6.48. The first-order chi connectivity index (χ1) is 16.8. The molecule has 12 nitrogen and oxygen atoms in total. The van der Waals surface area contributed by atoms with Crippen molar-refractivity contribution in [3.8, 4) is 0 Å². The highest BCUT2D eigenvalue weighted by Gasteiger charge is 2.16. The normalized spacial score (nSPS) is 11.1. The van der Waals surface area contributed by atoms with Gasteiger partial charge in [0.15, 0.2) is 11.2 Å². The van der Waals surface area contributed by atoms with Gasteiger partial charge < -0.3 is 15.2 Å². The number of rotatable bonds is 8. The summed E-state index contributed by atoms with van der Waals surface area (Å²) < 4.78 is 3.83. The Morgan fingerprint density at radius 1 is 1.11 bits per heavy atom. The molecule has 3 aromatic heterocycles. The minimum Gasteiger partial charge on any atom is -0.352 e. The first kappa shape index (κ1) is 24.3. The highest BCUT2D eigenvalue weighted by atomic mass is 35.5. The fourth-order valence-corrected chi connectivity index (χ4v) is 4.38. The molecule has 0 unspecified atom stereocenters. The maximum atomic E-state index is 12.5. The summed E-state index contributed by atoms with van der Waals surface area (Å²) in [5.41, 5.74) is -0.0455. The molecule has 1 aromatic carbocycles. The van der Waals surface area contributed by atoms with Crippen LogP contribution in [0.15, 0.2) is 40.2 Å². The summed E-state index contributed by atoms with van der Waals surface area (Å²) in [4.78, 5) is 53.3. The predicted octanol–water partition coefficient (Wildman–Crippen LogP) is 0.940. The molecule has 14 heteroatoms. The number of anilines is 1. The van der Waals surface area contributed by atoms with Crippen molar-refractivity contribution in [3.63, 3.8) is 0 Å². The van der Waals surface area contributed by atoms with Crippen molar-refractivity contribution in [2.24, 2.45) is 14.1 Å². The Morgan fingerprint density at radius 2 is 1.89 bits per heavy atom. The zero-order valence-electron chi connectivity index (χ0n) is 18.8. The van der Waals surface area contributed by atoms with E-state index in [1.807, 2.05) is 0 Å². The van der Waals surface area contributed by atoms with Gasteiger partial charge in [-0.15, -0.1) is 10.2 Å². The molecule has 0 saturated carbocycles. The minimum absolute atomic E-state index is 0.0558. The molecule has 0 aliphatic heterocycles. The molecule has 0 aliphatic carbocycles. The lowest BCUT2D eigenvalue weighted by atomic mass is 10.2. The largest absolute Gasteiger partial charge is 0.352 e. The summed E-state index contributed by atoms with van der Waals surface area (Å²) in [6.07, 6.45) is 1.92. The summed E-state index contributed by atoms with van der Waals surface area (Å²) in [7, 11) is 2.92. The van der Waals surface area contributed by atoms with Crippen LogP contribution in [0.5, 0.6) is 0 Å². The number of carbonyl (C=O) groups is 2. The number of hydrogen-bond acceptors (Lipinski definition) is 8. The summed E-state index contributed by atoms with van der Waals surface area (Å²) in [6, 6.07) is 6.77. The Kier molecular flexibility index (Phi) is 7.07. The standard InChI is InChI=1S/C21H21ClN8O4S/c1-28-17-16(19(33)29(2)21(28)34)30(11-24-17)10-8-14(31)25-20-27-26-15(35-20)7-9-23-18(32)12-5-3-4-6-13(12)22/h3-6,11H,7-10H2,1-2H3,(H,23,32)(H,25,27,31). The molecule has 0 radical (unpaired) electrons. The van der Waals surface area contributed by atoms with Crippen molar-refractivity contribution < 1.29 is 9.59 Å². The fourth-order valence-electron chi connectivity index (χ4n) is 3.40. The SMILES string of the molecule is Cn1c(=O)c2c(ncn2CCC(=O)Nc2nnc(CCNC(=O)c3ccccc3Cl)s2)n(C)c1=O. The molecule has 4 aromatic rings. The van der Waals surface area contributed by atoms with Gasteiger partial charge in [-0.1, -0.05) is 35.1 Å². The second-order valence-electron chi connectivity index (χ2n) is 7.60. The van der Waals surface area contributed by atoms with E-state index in [0.717, 1.165) is 4.57 Å². The average Bonchev–Trinajstić information content (AvgIpc) is 3.47. The Hall–Kier alpha value is -3.84. The predicted molar refractivity (Wildman–Crippen MR) is 131 cm³/mol. The van der Waals surface area contributed by atoms with Crippen molar-refractivity contribution in [3.05, 3.63) is 67.0 Å². The maximum Gasteiger partial charge on any atom is 0.332 e. The molecule has 0 atom stereocenters. The molecular formula is C21H21ClN8O4S. The number of aromatic nitrogens is 6. The van der Waals surface area contributed by atoms with Crippen molar-refractivity contribution in [2.45, 2.75) is 19.4 Å². The second-order valence-corrected chi connectivity index (χ2v) is 9.07. The summed E-state index contributed by atoms with van der Waals surface area (Å²) in [5.74, 6) is -0.598. The van der Waals surface area contributed by atoms with Crippen LogP contribution < -0.4 is 21.9 Å². The summed E-state index contributed by atoms with van der Waals surface area (Å²) >= 11 is 7.23. The molecular weight excluding hydrogens is 496 g/mol. The number of carbonyl (C=O) groups excluding carboxylic acids is 2. The van der Waals surface area contributed by atoms with Crippen LogP contribution >= 0.6 is 22.9 Å². The number of nitrogens with one attached hydrogen (secondary N) is 2. The average molecular weight is 517 g/mol. The van der Waals surface area contributed by atoms with E-state index >= 15 is 0 Å². The van der Waals surface area contributed by atoms with Crippen molar-refractivity contribution >= 4 is 51.0 Å². The van der Waals surface area contributed by atoms with Gasteiger partial charge in [0.05, 0.1) is 16.9 Å². The lowest BCUT2D eigenvalue weighted by Gasteiger charge is -2.06. The van der Waals surface area contributed by atoms with Gasteiger partial charge in [0.2, 0.25) is 11.0 Å². The van der Waals surface area contributed by atoms with E-state index in [-0.39, 0.29) is 35.9 Å². The molecule has 35 heavy (non-hydrogen) atoms. The van der Waals surface area contributed by atoms with Crippen LogP contribution in [0.1, 0.15) is 21.8 Å². The van der Waals surface area contributed by atoms with E-state index in [2.05, 4.69) is 25.8 Å². The van der Waals surface area contributed by atoms with Crippen LogP contribution in [0.2, 0.25) is 5.02 Å². The van der Waals surface area contributed by atoms with E-state index < -0.39 is 11.2 Å². The topological polar surface area (TPSA) is 146 Å². The number of nitrogens with zero attached hydrogens (tertiary/aromatic N) is 6. The quantitative estimate of drug-likeness (QED) is 0.354. The van der Waals surface area contributed by atoms with Gasteiger partial charge >= 0.3 is 5.69 Å². The molecule has 182 valence electrons. The van der Waals surface area contributed by atoms with Crippen LogP contribution in [0.3, 0.4) is 0 Å². The molecule has 4 rings (SSSR count). The van der Waals surface area contributed by atoms with Crippen LogP contribution in [0, 0.1) is 0 Å². The van der Waals surface area contributed by atoms with Gasteiger partial charge in [-0.05, 0) is 12.1 Å². The van der Waals surface area contributed by atoms with Crippen LogP contribution in [0.4, 0.5) is 5.13 Å². The molecule has 0 aliphatic rings. The van der Waals surface area contributed by atoms with Crippen LogP contribution in [-0.4, -0.2) is 47.2 Å². The van der Waals surface area contributed by atoms with E-state index in [1.54, 1.807) is 28.8 Å². The zero-order valence-corrected chi connectivity index (χ0v) is 20.4. The molecule has 0 saturated heterocycles. The number of aryl methyl sites for hydroxylation is 2. The number of benzene rings is 1. The maximum absolute atomic E-state index is 12.5.